The number of para-hydroxylation sites is 1. The molecule has 0 N–H and O–H groups in total. The monoisotopic (exact) mass is 435 g/mol. The van der Waals surface area contributed by atoms with Gasteiger partial charge in [0.1, 0.15) is 5.60 Å². The van der Waals surface area contributed by atoms with E-state index in [0.29, 0.717) is 12.0 Å². The summed E-state index contributed by atoms with van der Waals surface area (Å²) in [5, 5.41) is 1.24. The van der Waals surface area contributed by atoms with E-state index in [1.807, 2.05) is 0 Å². The van der Waals surface area contributed by atoms with Gasteiger partial charge in [0.25, 0.3) is 0 Å². The van der Waals surface area contributed by atoms with Crippen LogP contribution in [0.5, 0.6) is 0 Å². The molecule has 6 rings (SSSR count). The molecule has 2 unspecified atom stereocenters. The van der Waals surface area contributed by atoms with Crippen LogP contribution < -0.4 is 0 Å². The molecule has 5 heteroatoms. The van der Waals surface area contributed by atoms with Gasteiger partial charge in [-0.25, -0.2) is 4.99 Å². The molecule has 3 fully saturated rings. The summed E-state index contributed by atoms with van der Waals surface area (Å²) in [4.78, 5) is 7.55. The Bertz CT molecular complexity index is 821. The Morgan fingerprint density at radius 1 is 1.29 bits per heavy atom. The molecule has 0 radical (unpaired) electrons. The molecular formula is C19H22IN3O. The van der Waals surface area contributed by atoms with E-state index >= 15 is 0 Å². The lowest BCUT2D eigenvalue weighted by molar-refractivity contribution is -0.120. The van der Waals surface area contributed by atoms with E-state index in [-0.39, 0.29) is 5.60 Å². The molecule has 2 bridgehead atoms. The van der Waals surface area contributed by atoms with E-state index in [4.69, 9.17) is 9.73 Å². The van der Waals surface area contributed by atoms with Gasteiger partial charge in [0.05, 0.1) is 18.2 Å². The number of aromatic nitrogens is 1. The molecule has 4 aliphatic rings. The van der Waals surface area contributed by atoms with Gasteiger partial charge in [0.2, 0.25) is 5.90 Å². The van der Waals surface area contributed by atoms with E-state index in [9.17, 15) is 0 Å². The minimum atomic E-state index is -0.0933. The van der Waals surface area contributed by atoms with Crippen LogP contribution in [0.25, 0.3) is 10.9 Å². The first-order valence-corrected chi connectivity index (χ1v) is 10.3. The Labute approximate surface area is 156 Å². The maximum Gasteiger partial charge on any atom is 0.219 e. The quantitative estimate of drug-likeness (QED) is 0.536. The van der Waals surface area contributed by atoms with Crippen molar-refractivity contribution >= 4 is 39.4 Å². The van der Waals surface area contributed by atoms with E-state index in [1.165, 1.54) is 36.8 Å². The van der Waals surface area contributed by atoms with E-state index < -0.39 is 0 Å². The number of hydrogen-bond acceptors (Lipinski definition) is 3. The highest BCUT2D eigenvalue weighted by molar-refractivity contribution is 14.1. The van der Waals surface area contributed by atoms with Crippen LogP contribution in [-0.4, -0.2) is 51.1 Å². The van der Waals surface area contributed by atoms with Gasteiger partial charge in [-0.15, -0.1) is 0 Å². The average Bonchev–Trinajstić information content (AvgIpc) is 3.19. The number of halogens is 1. The third kappa shape index (κ3) is 1.97. The second-order valence-corrected chi connectivity index (χ2v) is 8.21. The Morgan fingerprint density at radius 3 is 2.88 bits per heavy atom. The zero-order valence-corrected chi connectivity index (χ0v) is 16.1. The van der Waals surface area contributed by atoms with Crippen LogP contribution in [0.3, 0.4) is 0 Å². The number of nitrogens with zero attached hydrogens (tertiary/aromatic N) is 3. The molecular weight excluding hydrogens is 413 g/mol. The van der Waals surface area contributed by atoms with Crippen LogP contribution in [0.4, 0.5) is 0 Å². The van der Waals surface area contributed by atoms with Gasteiger partial charge < -0.3 is 9.30 Å². The largest absolute Gasteiger partial charge is 0.467 e. The highest BCUT2D eigenvalue weighted by Crippen LogP contribution is 2.46. The van der Waals surface area contributed by atoms with Crippen molar-refractivity contribution in [2.24, 2.45) is 18.0 Å². The molecule has 126 valence electrons. The Hall–Kier alpha value is -1.08. The van der Waals surface area contributed by atoms with Crippen LogP contribution in [0.1, 0.15) is 18.4 Å². The summed E-state index contributed by atoms with van der Waals surface area (Å²) in [5.74, 6) is 1.51. The van der Waals surface area contributed by atoms with Crippen molar-refractivity contribution in [1.29, 1.82) is 0 Å². The number of rotatable bonds is 2. The minimum absolute atomic E-state index is 0.0933. The van der Waals surface area contributed by atoms with Gasteiger partial charge in [-0.1, -0.05) is 40.8 Å². The molecule has 0 saturated carbocycles. The third-order valence-corrected chi connectivity index (χ3v) is 7.09. The van der Waals surface area contributed by atoms with Crippen molar-refractivity contribution < 1.29 is 4.74 Å². The topological polar surface area (TPSA) is 29.8 Å². The highest BCUT2D eigenvalue weighted by Gasteiger charge is 2.57. The first-order valence-electron chi connectivity index (χ1n) is 8.81. The van der Waals surface area contributed by atoms with Crippen molar-refractivity contribution in [2.75, 3.05) is 24.1 Å². The second kappa shape index (κ2) is 5.46. The average molecular weight is 435 g/mol. The van der Waals surface area contributed by atoms with Gasteiger partial charge in [-0.05, 0) is 32.0 Å². The van der Waals surface area contributed by atoms with Gasteiger partial charge in [-0.3, -0.25) is 4.90 Å². The van der Waals surface area contributed by atoms with E-state index in [2.05, 4.69) is 69.6 Å². The lowest BCUT2D eigenvalue weighted by atomic mass is 9.70. The Balaban J connectivity index is 1.54. The zero-order valence-electron chi connectivity index (χ0n) is 13.9. The number of hydrogen-bond donors (Lipinski definition) is 0. The fraction of sp³-hybridized carbons (Fsp3) is 0.526. The number of aliphatic imine (C=N–C) groups is 1. The number of alkyl halides is 1. The molecule has 24 heavy (non-hydrogen) atoms. The fourth-order valence-electron chi connectivity index (χ4n) is 4.99. The van der Waals surface area contributed by atoms with Crippen molar-refractivity contribution in [3.8, 4) is 0 Å². The van der Waals surface area contributed by atoms with Gasteiger partial charge in [-0.2, -0.15) is 0 Å². The number of piperidine rings is 3. The predicted octanol–water partition coefficient (Wildman–Crippen LogP) is 3.22. The van der Waals surface area contributed by atoms with Crippen LogP contribution in [0.2, 0.25) is 0 Å². The maximum atomic E-state index is 6.73. The minimum Gasteiger partial charge on any atom is -0.467 e. The van der Waals surface area contributed by atoms with Crippen LogP contribution in [-0.2, 0) is 11.8 Å². The van der Waals surface area contributed by atoms with Crippen molar-refractivity contribution in [1.82, 2.24) is 9.47 Å². The molecule has 0 aliphatic carbocycles. The predicted molar refractivity (Wildman–Crippen MR) is 105 cm³/mol. The first-order chi connectivity index (χ1) is 11.7. The summed E-state index contributed by atoms with van der Waals surface area (Å²) < 4.78 is 10.0. The smallest absolute Gasteiger partial charge is 0.219 e. The number of benzene rings is 1. The molecule has 1 aromatic heterocycles. The van der Waals surface area contributed by atoms with Crippen LogP contribution in [0.15, 0.2) is 35.5 Å². The fourth-order valence-corrected chi connectivity index (χ4v) is 6.29. The summed E-state index contributed by atoms with van der Waals surface area (Å²) in [6.07, 6.45) is 4.68. The molecule has 1 spiro atoms. The van der Waals surface area contributed by atoms with E-state index in [0.717, 1.165) is 22.4 Å². The molecule has 4 nitrogen and oxygen atoms in total. The molecule has 2 atom stereocenters. The SMILES string of the molecule is Cn1cc(C2=NCC3(O2)C2CCN(CC2)C3CI)c2ccccc21. The Kier molecular flexibility index (Phi) is 3.46. The lowest BCUT2D eigenvalue weighted by Gasteiger charge is -2.55. The number of fused-ring (bicyclic) bond motifs is 3. The zero-order chi connectivity index (χ0) is 16.3. The lowest BCUT2D eigenvalue weighted by Crippen LogP contribution is -2.68. The molecule has 3 saturated heterocycles. The summed E-state index contributed by atoms with van der Waals surface area (Å²) in [6.45, 7) is 3.28. The number of aryl methyl sites for hydroxylation is 1. The molecule has 1 aromatic carbocycles. The number of ether oxygens (including phenoxy) is 1. The van der Waals surface area contributed by atoms with Crippen LogP contribution >= 0.6 is 22.6 Å². The summed E-state index contributed by atoms with van der Waals surface area (Å²) >= 11 is 2.53. The first kappa shape index (κ1) is 15.2. The van der Waals surface area contributed by atoms with Crippen molar-refractivity contribution in [2.45, 2.75) is 24.5 Å². The van der Waals surface area contributed by atoms with E-state index in [1.54, 1.807) is 0 Å². The van der Waals surface area contributed by atoms with Gasteiger partial charge in [0, 0.05) is 34.5 Å². The molecule has 5 heterocycles. The van der Waals surface area contributed by atoms with Gasteiger partial charge >= 0.3 is 0 Å². The van der Waals surface area contributed by atoms with Crippen LogP contribution in [0, 0.1) is 5.92 Å². The van der Waals surface area contributed by atoms with Crippen molar-refractivity contribution in [3.63, 3.8) is 0 Å². The molecule has 2 aromatic rings. The second-order valence-electron chi connectivity index (χ2n) is 7.33. The molecule has 4 aliphatic heterocycles. The third-order valence-electron chi connectivity index (χ3n) is 6.26. The summed E-state index contributed by atoms with van der Waals surface area (Å²) in [6, 6.07) is 9.02. The summed E-state index contributed by atoms with van der Waals surface area (Å²) in [7, 11) is 2.10. The normalized spacial score (nSPS) is 34.8. The van der Waals surface area contributed by atoms with Crippen molar-refractivity contribution in [3.05, 3.63) is 36.0 Å². The molecule has 0 amide bonds. The highest BCUT2D eigenvalue weighted by atomic mass is 127. The Morgan fingerprint density at radius 2 is 2.08 bits per heavy atom. The summed E-state index contributed by atoms with van der Waals surface area (Å²) in [5.41, 5.74) is 2.29. The van der Waals surface area contributed by atoms with Gasteiger partial charge in [0.15, 0.2) is 0 Å². The maximum absolute atomic E-state index is 6.73. The standard InChI is InChI=1S/C19H22IN3O/c1-22-11-15(14-4-2-3-5-16(14)22)18-21-12-19(24-18)13-6-8-23(9-7-13)17(19)10-20/h2-5,11,13,17H,6-10,12H2,1H3.